The van der Waals surface area contributed by atoms with Crippen LogP contribution in [0.2, 0.25) is 0 Å². The highest BCUT2D eigenvalue weighted by molar-refractivity contribution is 5.89. The molecular weight excluding hydrogens is 304 g/mol. The molecule has 1 N–H and O–H groups in total. The summed E-state index contributed by atoms with van der Waals surface area (Å²) in [7, 11) is 0. The van der Waals surface area contributed by atoms with E-state index >= 15 is 0 Å². The second-order valence-electron chi connectivity index (χ2n) is 6.85. The summed E-state index contributed by atoms with van der Waals surface area (Å²) in [6.07, 6.45) is 4.67. The van der Waals surface area contributed by atoms with Gasteiger partial charge >= 0.3 is 0 Å². The topological polar surface area (TPSA) is 114 Å². The average molecular weight is 324 g/mol. The van der Waals surface area contributed by atoms with E-state index in [0.717, 1.165) is 24.8 Å². The molecule has 1 saturated carbocycles. The van der Waals surface area contributed by atoms with Crippen molar-refractivity contribution >= 4 is 5.90 Å². The lowest BCUT2D eigenvalue weighted by atomic mass is 9.48. The number of hydrogen-bond acceptors (Lipinski definition) is 6. The molecule has 1 spiro atoms. The summed E-state index contributed by atoms with van der Waals surface area (Å²) in [6, 6.07) is 6.37. The van der Waals surface area contributed by atoms with Gasteiger partial charge in [-0.05, 0) is 31.8 Å². The van der Waals surface area contributed by atoms with Crippen molar-refractivity contribution in [1.29, 1.82) is 21.2 Å². The van der Waals surface area contributed by atoms with Crippen molar-refractivity contribution in [2.45, 2.75) is 57.8 Å². The first-order valence-corrected chi connectivity index (χ1v) is 8.34. The lowest BCUT2D eigenvalue weighted by Crippen LogP contribution is -2.76. The highest BCUT2D eigenvalue weighted by atomic mass is 16.7. The molecule has 124 valence electrons. The Balaban J connectivity index is 2.31. The van der Waals surface area contributed by atoms with Gasteiger partial charge in [-0.1, -0.05) is 19.4 Å². The van der Waals surface area contributed by atoms with Gasteiger partial charge < -0.3 is 9.47 Å². The second-order valence-corrected chi connectivity index (χ2v) is 6.85. The van der Waals surface area contributed by atoms with Gasteiger partial charge in [0.15, 0.2) is 10.8 Å². The molecule has 0 amide bonds. The lowest BCUT2D eigenvalue weighted by molar-refractivity contribution is -0.350. The van der Waals surface area contributed by atoms with E-state index < -0.39 is 28.6 Å². The Labute approximate surface area is 141 Å². The number of nitrogens with one attached hydrogen (secondary N) is 1. The van der Waals surface area contributed by atoms with E-state index in [9.17, 15) is 15.8 Å². The van der Waals surface area contributed by atoms with E-state index in [1.54, 1.807) is 0 Å². The summed E-state index contributed by atoms with van der Waals surface area (Å²) >= 11 is 0. The summed E-state index contributed by atoms with van der Waals surface area (Å²) < 4.78 is 12.1. The van der Waals surface area contributed by atoms with E-state index in [-0.39, 0.29) is 5.90 Å². The van der Waals surface area contributed by atoms with Crippen molar-refractivity contribution in [2.24, 2.45) is 16.7 Å². The summed E-state index contributed by atoms with van der Waals surface area (Å²) in [5.74, 6) is -1.97. The Kier molecular flexibility index (Phi) is 3.67. The number of rotatable bonds is 2. The van der Waals surface area contributed by atoms with Crippen molar-refractivity contribution in [3.8, 4) is 18.2 Å². The Morgan fingerprint density at radius 2 is 2.00 bits per heavy atom. The van der Waals surface area contributed by atoms with Gasteiger partial charge in [-0.3, -0.25) is 5.41 Å². The van der Waals surface area contributed by atoms with E-state index in [1.165, 1.54) is 0 Å². The standard InChI is InChI=1S/C18H20N4O2/c1-3-6-12(2)14-17(11-21)15(22)24-18(23-14)8-5-4-7-13(18)16(17,9-19)10-20/h6,13-14,22H,3-5,7-8H2,1-2H3/b12-6+,22-15?/t13-,14-,17+,18+/m0/s1. The van der Waals surface area contributed by atoms with Crippen LogP contribution in [0.3, 0.4) is 0 Å². The molecule has 3 heterocycles. The molecule has 4 fully saturated rings. The van der Waals surface area contributed by atoms with Crippen LogP contribution in [-0.4, -0.2) is 17.8 Å². The van der Waals surface area contributed by atoms with Crippen LogP contribution in [0.25, 0.3) is 0 Å². The monoisotopic (exact) mass is 324 g/mol. The van der Waals surface area contributed by atoms with Crippen molar-refractivity contribution in [3.05, 3.63) is 11.6 Å². The van der Waals surface area contributed by atoms with Crippen LogP contribution in [0.15, 0.2) is 11.6 Å². The summed E-state index contributed by atoms with van der Waals surface area (Å²) in [6.45, 7) is 3.80. The fourth-order valence-corrected chi connectivity index (χ4v) is 4.69. The van der Waals surface area contributed by atoms with Crippen LogP contribution in [0, 0.1) is 56.2 Å². The number of allylic oxidation sites excluding steroid dienone is 1. The molecule has 4 atom stereocenters. The fraction of sp³-hybridized carbons (Fsp3) is 0.667. The molecule has 24 heavy (non-hydrogen) atoms. The molecule has 4 aliphatic rings. The van der Waals surface area contributed by atoms with Crippen LogP contribution in [0.5, 0.6) is 0 Å². The molecule has 0 radical (unpaired) electrons. The molecule has 0 unspecified atom stereocenters. The van der Waals surface area contributed by atoms with Crippen molar-refractivity contribution in [2.75, 3.05) is 0 Å². The lowest BCUT2D eigenvalue weighted by Gasteiger charge is -2.63. The number of ether oxygens (including phenoxy) is 2. The van der Waals surface area contributed by atoms with E-state index in [0.29, 0.717) is 12.8 Å². The zero-order chi connectivity index (χ0) is 17.6. The normalized spacial score (nSPS) is 39.8. The molecule has 0 aromatic carbocycles. The van der Waals surface area contributed by atoms with Gasteiger partial charge in [0.2, 0.25) is 11.7 Å². The fourth-order valence-electron chi connectivity index (χ4n) is 4.69. The Morgan fingerprint density at radius 1 is 1.29 bits per heavy atom. The molecule has 2 bridgehead atoms. The SMILES string of the molecule is CC/C=C(\C)[C@@H]1O[C@@]23CCCC[C@H]2C(C#N)(C#N)[C@@]1(C#N)C(=N)O3. The van der Waals surface area contributed by atoms with Crippen LogP contribution >= 0.6 is 0 Å². The van der Waals surface area contributed by atoms with Gasteiger partial charge in [0, 0.05) is 6.42 Å². The second kappa shape index (κ2) is 5.33. The Morgan fingerprint density at radius 3 is 2.58 bits per heavy atom. The van der Waals surface area contributed by atoms with Crippen molar-refractivity contribution in [1.82, 2.24) is 0 Å². The summed E-state index contributed by atoms with van der Waals surface area (Å²) in [5, 5.41) is 38.4. The molecular formula is C18H20N4O2. The number of nitriles is 3. The molecule has 0 aromatic heterocycles. The highest BCUT2D eigenvalue weighted by Crippen LogP contribution is 2.66. The predicted molar refractivity (Wildman–Crippen MR) is 84.1 cm³/mol. The number of nitrogens with zero attached hydrogens (tertiary/aromatic N) is 3. The van der Waals surface area contributed by atoms with Crippen molar-refractivity contribution < 1.29 is 9.47 Å². The number of fused-ring (bicyclic) bond motifs is 2. The maximum atomic E-state index is 10.0. The zero-order valence-electron chi connectivity index (χ0n) is 13.9. The van der Waals surface area contributed by atoms with E-state index in [2.05, 4.69) is 18.2 Å². The first kappa shape index (κ1) is 16.5. The van der Waals surface area contributed by atoms with Gasteiger partial charge in [-0.15, -0.1) is 0 Å². The predicted octanol–water partition coefficient (Wildman–Crippen LogP) is 3.18. The highest BCUT2D eigenvalue weighted by Gasteiger charge is 2.80. The van der Waals surface area contributed by atoms with Crippen LogP contribution in [0.1, 0.15) is 46.0 Å². The minimum Gasteiger partial charge on any atom is -0.447 e. The Hall–Kier alpha value is -2.36. The van der Waals surface area contributed by atoms with E-state index in [4.69, 9.17) is 14.9 Å². The summed E-state index contributed by atoms with van der Waals surface area (Å²) in [4.78, 5) is 0. The first-order chi connectivity index (χ1) is 11.5. The van der Waals surface area contributed by atoms with Gasteiger partial charge in [0.25, 0.3) is 0 Å². The van der Waals surface area contributed by atoms with E-state index in [1.807, 2.05) is 19.9 Å². The minimum atomic E-state index is -1.73. The third kappa shape index (κ3) is 1.63. The minimum absolute atomic E-state index is 0.300. The molecule has 3 aliphatic heterocycles. The molecule has 4 rings (SSSR count). The largest absolute Gasteiger partial charge is 0.447 e. The summed E-state index contributed by atoms with van der Waals surface area (Å²) in [5.41, 5.74) is -2.59. The molecule has 1 aliphatic carbocycles. The molecule has 6 heteroatoms. The van der Waals surface area contributed by atoms with Crippen molar-refractivity contribution in [3.63, 3.8) is 0 Å². The van der Waals surface area contributed by atoms with Gasteiger partial charge in [-0.25, -0.2) is 0 Å². The molecule has 6 nitrogen and oxygen atoms in total. The van der Waals surface area contributed by atoms with Gasteiger partial charge in [-0.2, -0.15) is 15.8 Å². The third-order valence-electron chi connectivity index (χ3n) is 5.76. The van der Waals surface area contributed by atoms with Crippen LogP contribution in [-0.2, 0) is 9.47 Å². The van der Waals surface area contributed by atoms with Gasteiger partial charge in [0.1, 0.15) is 6.10 Å². The molecule has 0 aromatic rings. The smallest absolute Gasteiger partial charge is 0.218 e. The molecule has 3 saturated heterocycles. The van der Waals surface area contributed by atoms with Crippen LogP contribution in [0.4, 0.5) is 0 Å². The quantitative estimate of drug-likeness (QED) is 0.783. The van der Waals surface area contributed by atoms with Crippen LogP contribution < -0.4 is 0 Å². The first-order valence-electron chi connectivity index (χ1n) is 8.34. The maximum Gasteiger partial charge on any atom is 0.218 e. The third-order valence-corrected chi connectivity index (χ3v) is 5.76. The van der Waals surface area contributed by atoms with Gasteiger partial charge in [0.05, 0.1) is 24.1 Å². The maximum absolute atomic E-state index is 10.0. The Bertz CT molecular complexity index is 724. The average Bonchev–Trinajstić information content (AvgIpc) is 2.59. The number of hydrogen-bond donors (Lipinski definition) is 1. The zero-order valence-corrected chi connectivity index (χ0v) is 13.9.